The first-order valence-corrected chi connectivity index (χ1v) is 6.01. The molecule has 0 aliphatic carbocycles. The lowest BCUT2D eigenvalue weighted by atomic mass is 10.1. The van der Waals surface area contributed by atoms with Gasteiger partial charge in [0.05, 0.1) is 6.10 Å². The van der Waals surface area contributed by atoms with Gasteiger partial charge < -0.3 is 10.4 Å². The van der Waals surface area contributed by atoms with Gasteiger partial charge in [0.15, 0.2) is 0 Å². The molecular formula is C13H19ClN4O. The van der Waals surface area contributed by atoms with E-state index in [0.717, 1.165) is 17.0 Å². The van der Waals surface area contributed by atoms with Gasteiger partial charge >= 0.3 is 0 Å². The number of aliphatic hydroxyl groups is 1. The van der Waals surface area contributed by atoms with Gasteiger partial charge in [0.2, 0.25) is 0 Å². The number of aliphatic hydroxyl groups excluding tert-OH is 1. The fourth-order valence-corrected chi connectivity index (χ4v) is 1.79. The van der Waals surface area contributed by atoms with Crippen LogP contribution < -0.4 is 5.32 Å². The largest absolute Gasteiger partial charge is 0.392 e. The van der Waals surface area contributed by atoms with Gasteiger partial charge in [-0.05, 0) is 6.92 Å². The second-order valence-corrected chi connectivity index (χ2v) is 4.33. The summed E-state index contributed by atoms with van der Waals surface area (Å²) in [5, 5.41) is 21.1. The molecule has 1 aromatic carbocycles. The Morgan fingerprint density at radius 3 is 2.58 bits per heavy atom. The average molecular weight is 283 g/mol. The molecule has 2 aromatic rings. The predicted octanol–water partition coefficient (Wildman–Crippen LogP) is 1.37. The molecule has 0 bridgehead atoms. The molecule has 0 saturated carbocycles. The molecule has 1 heterocycles. The zero-order chi connectivity index (χ0) is 13.0. The normalized spacial score (nSPS) is 11.9. The van der Waals surface area contributed by atoms with Crippen molar-refractivity contribution < 1.29 is 5.11 Å². The molecule has 0 aliphatic rings. The third kappa shape index (κ3) is 4.31. The van der Waals surface area contributed by atoms with Crippen LogP contribution in [0.1, 0.15) is 12.6 Å². The third-order valence-corrected chi connectivity index (χ3v) is 2.56. The van der Waals surface area contributed by atoms with Crippen LogP contribution >= 0.6 is 12.4 Å². The van der Waals surface area contributed by atoms with Crippen molar-refractivity contribution in [3.8, 4) is 11.3 Å². The summed E-state index contributed by atoms with van der Waals surface area (Å²) in [5.74, 6) is 0. The Hall–Kier alpha value is -1.43. The van der Waals surface area contributed by atoms with E-state index in [1.165, 1.54) is 0 Å². The smallest absolute Gasteiger partial charge is 0.117 e. The van der Waals surface area contributed by atoms with Crippen molar-refractivity contribution in [1.82, 2.24) is 20.3 Å². The number of aromatic nitrogens is 3. The Bertz CT molecular complexity index is 499. The van der Waals surface area contributed by atoms with Gasteiger partial charge in [-0.15, -0.1) is 12.4 Å². The van der Waals surface area contributed by atoms with Gasteiger partial charge in [-0.25, -0.2) is 0 Å². The molecule has 0 amide bonds. The maximum absolute atomic E-state index is 9.22. The van der Waals surface area contributed by atoms with Crippen molar-refractivity contribution in [3.05, 3.63) is 36.0 Å². The number of aryl methyl sites for hydroxylation is 1. The minimum absolute atomic E-state index is 0. The monoisotopic (exact) mass is 282 g/mol. The molecular weight excluding hydrogens is 264 g/mol. The van der Waals surface area contributed by atoms with Gasteiger partial charge in [0.1, 0.15) is 11.4 Å². The summed E-state index contributed by atoms with van der Waals surface area (Å²) in [7, 11) is 1.81. The van der Waals surface area contributed by atoms with Crippen molar-refractivity contribution in [2.24, 2.45) is 7.05 Å². The lowest BCUT2D eigenvalue weighted by Gasteiger charge is -2.05. The van der Waals surface area contributed by atoms with Crippen LogP contribution in [-0.2, 0) is 13.6 Å². The molecule has 0 spiro atoms. The van der Waals surface area contributed by atoms with Crippen LogP contribution in [0, 0.1) is 0 Å². The van der Waals surface area contributed by atoms with E-state index in [0.29, 0.717) is 13.1 Å². The quantitative estimate of drug-likeness (QED) is 0.870. The minimum Gasteiger partial charge on any atom is -0.392 e. The lowest BCUT2D eigenvalue weighted by Crippen LogP contribution is -2.24. The first-order chi connectivity index (χ1) is 8.66. The first kappa shape index (κ1) is 15.6. The number of benzene rings is 1. The van der Waals surface area contributed by atoms with E-state index in [2.05, 4.69) is 15.5 Å². The topological polar surface area (TPSA) is 63.0 Å². The fraction of sp³-hybridized carbons (Fsp3) is 0.385. The predicted molar refractivity (Wildman–Crippen MR) is 77.1 cm³/mol. The van der Waals surface area contributed by atoms with E-state index >= 15 is 0 Å². The van der Waals surface area contributed by atoms with E-state index in [1.54, 1.807) is 11.7 Å². The van der Waals surface area contributed by atoms with Gasteiger partial charge in [-0.1, -0.05) is 30.3 Å². The first-order valence-electron chi connectivity index (χ1n) is 6.01. The highest BCUT2D eigenvalue weighted by molar-refractivity contribution is 5.85. The number of rotatable bonds is 5. The maximum atomic E-state index is 9.22. The number of halogens is 1. The van der Waals surface area contributed by atoms with E-state index in [9.17, 15) is 5.11 Å². The zero-order valence-electron chi connectivity index (χ0n) is 11.1. The van der Waals surface area contributed by atoms with E-state index in [1.807, 2.05) is 37.4 Å². The summed E-state index contributed by atoms with van der Waals surface area (Å²) < 4.78 is 0. The maximum Gasteiger partial charge on any atom is 0.117 e. The highest BCUT2D eigenvalue weighted by atomic mass is 35.5. The Morgan fingerprint density at radius 2 is 1.95 bits per heavy atom. The van der Waals surface area contributed by atoms with Gasteiger partial charge in [0, 0.05) is 25.7 Å². The third-order valence-electron chi connectivity index (χ3n) is 2.56. The molecule has 1 aromatic heterocycles. The number of nitrogens with one attached hydrogen (secondary N) is 1. The van der Waals surface area contributed by atoms with Crippen molar-refractivity contribution >= 4 is 12.4 Å². The van der Waals surface area contributed by atoms with E-state index in [-0.39, 0.29) is 18.5 Å². The van der Waals surface area contributed by atoms with Gasteiger partial charge in [-0.2, -0.15) is 15.0 Å². The van der Waals surface area contributed by atoms with Crippen LogP contribution in [0.5, 0.6) is 0 Å². The Morgan fingerprint density at radius 1 is 1.26 bits per heavy atom. The van der Waals surface area contributed by atoms with Crippen molar-refractivity contribution in [2.75, 3.05) is 6.54 Å². The summed E-state index contributed by atoms with van der Waals surface area (Å²) in [6, 6.07) is 9.98. The molecule has 0 saturated heterocycles. The van der Waals surface area contributed by atoms with Crippen LogP contribution in [-0.4, -0.2) is 32.7 Å². The number of hydrogen-bond acceptors (Lipinski definition) is 4. The van der Waals surface area contributed by atoms with E-state index < -0.39 is 0 Å². The minimum atomic E-state index is -0.359. The Labute approximate surface area is 119 Å². The molecule has 6 heteroatoms. The molecule has 0 aliphatic heterocycles. The summed E-state index contributed by atoms with van der Waals surface area (Å²) in [5.41, 5.74) is 2.83. The van der Waals surface area contributed by atoms with Crippen LogP contribution in [0.2, 0.25) is 0 Å². The summed E-state index contributed by atoms with van der Waals surface area (Å²) in [6.45, 7) is 2.90. The van der Waals surface area contributed by atoms with Crippen LogP contribution in [0.3, 0.4) is 0 Å². The molecule has 1 atom stereocenters. The highest BCUT2D eigenvalue weighted by Crippen LogP contribution is 2.19. The molecule has 2 rings (SSSR count). The average Bonchev–Trinajstić information content (AvgIpc) is 2.71. The molecule has 2 N–H and O–H groups in total. The molecule has 5 nitrogen and oxygen atoms in total. The number of hydrogen-bond donors (Lipinski definition) is 2. The second-order valence-electron chi connectivity index (χ2n) is 4.33. The van der Waals surface area contributed by atoms with Gasteiger partial charge in [0.25, 0.3) is 0 Å². The summed E-state index contributed by atoms with van der Waals surface area (Å²) in [4.78, 5) is 1.57. The molecule has 0 radical (unpaired) electrons. The fourth-order valence-electron chi connectivity index (χ4n) is 1.79. The van der Waals surface area contributed by atoms with Crippen molar-refractivity contribution in [3.63, 3.8) is 0 Å². The van der Waals surface area contributed by atoms with Crippen LogP contribution in [0.4, 0.5) is 0 Å². The lowest BCUT2D eigenvalue weighted by molar-refractivity contribution is 0.191. The molecule has 0 fully saturated rings. The Balaban J connectivity index is 0.00000180. The number of nitrogens with zero attached hydrogens (tertiary/aromatic N) is 3. The van der Waals surface area contributed by atoms with Crippen LogP contribution in [0.15, 0.2) is 30.3 Å². The second kappa shape index (κ2) is 7.23. The summed E-state index contributed by atoms with van der Waals surface area (Å²) >= 11 is 0. The molecule has 1 unspecified atom stereocenters. The van der Waals surface area contributed by atoms with E-state index in [4.69, 9.17) is 0 Å². The van der Waals surface area contributed by atoms with Crippen LogP contribution in [0.25, 0.3) is 11.3 Å². The standard InChI is InChI=1S/C13H18N4O.ClH/c1-10(18)8-14-9-12-13(16-17(2)15-12)11-6-4-3-5-7-11;/h3-7,10,14,18H,8-9H2,1-2H3;1H. The molecule has 19 heavy (non-hydrogen) atoms. The van der Waals surface area contributed by atoms with Crippen molar-refractivity contribution in [1.29, 1.82) is 0 Å². The summed E-state index contributed by atoms with van der Waals surface area (Å²) in [6.07, 6.45) is -0.359. The molecule has 104 valence electrons. The SMILES string of the molecule is CC(O)CNCc1nn(C)nc1-c1ccccc1.Cl. The highest BCUT2D eigenvalue weighted by Gasteiger charge is 2.11. The van der Waals surface area contributed by atoms with Gasteiger partial charge in [-0.3, -0.25) is 0 Å². The zero-order valence-corrected chi connectivity index (χ0v) is 11.9. The Kier molecular flexibility index (Phi) is 5.95. The van der Waals surface area contributed by atoms with Crippen molar-refractivity contribution in [2.45, 2.75) is 19.6 Å².